The number of amides is 1. The molecule has 0 radical (unpaired) electrons. The van der Waals surface area contributed by atoms with E-state index in [4.69, 9.17) is 21.4 Å². The highest BCUT2D eigenvalue weighted by atomic mass is 35.5. The van der Waals surface area contributed by atoms with E-state index in [2.05, 4.69) is 5.32 Å². The summed E-state index contributed by atoms with van der Waals surface area (Å²) >= 11 is 5.95. The van der Waals surface area contributed by atoms with Crippen molar-refractivity contribution in [2.24, 2.45) is 0 Å². The monoisotopic (exact) mass is 314 g/mol. The van der Waals surface area contributed by atoms with Gasteiger partial charge in [-0.1, -0.05) is 23.7 Å². The molecule has 0 fully saturated rings. The molecule has 0 atom stereocenters. The predicted molar refractivity (Wildman–Crippen MR) is 80.7 cm³/mol. The number of halogens is 1. The third-order valence-corrected chi connectivity index (χ3v) is 3.10. The molecule has 0 aliphatic rings. The molecule has 0 spiro atoms. The minimum absolute atomic E-state index is 0.122. The summed E-state index contributed by atoms with van der Waals surface area (Å²) in [5, 5.41) is 12.0. The van der Waals surface area contributed by atoms with E-state index < -0.39 is 5.97 Å². The average molecular weight is 315 g/mol. The molecule has 0 aliphatic heterocycles. The van der Waals surface area contributed by atoms with E-state index in [1.165, 1.54) is 0 Å². The molecule has 7 heteroatoms. The number of carboxylic acids is 1. The fraction of sp³-hybridized carbons (Fsp3) is 0.429. The van der Waals surface area contributed by atoms with E-state index >= 15 is 0 Å². The van der Waals surface area contributed by atoms with Gasteiger partial charge in [0.05, 0.1) is 23.9 Å². The van der Waals surface area contributed by atoms with Crippen molar-refractivity contribution < 1.29 is 19.4 Å². The van der Waals surface area contributed by atoms with E-state index in [0.29, 0.717) is 30.4 Å². The first-order chi connectivity index (χ1) is 10.0. The summed E-state index contributed by atoms with van der Waals surface area (Å²) < 4.78 is 4.92. The highest BCUT2D eigenvalue weighted by Gasteiger charge is 2.12. The number of ether oxygens (including phenoxy) is 1. The molecule has 0 aromatic heterocycles. The summed E-state index contributed by atoms with van der Waals surface area (Å²) in [6.45, 7) is 1.09. The largest absolute Gasteiger partial charge is 0.480 e. The van der Waals surface area contributed by atoms with E-state index in [1.54, 1.807) is 36.3 Å². The van der Waals surface area contributed by atoms with Gasteiger partial charge in [0, 0.05) is 26.6 Å². The lowest BCUT2D eigenvalue weighted by molar-refractivity contribution is -0.138. The van der Waals surface area contributed by atoms with Gasteiger partial charge in [-0.25, -0.2) is 0 Å². The van der Waals surface area contributed by atoms with Gasteiger partial charge in [0.1, 0.15) is 0 Å². The Morgan fingerprint density at radius 2 is 2.05 bits per heavy atom. The molecule has 0 saturated carbocycles. The summed E-state index contributed by atoms with van der Waals surface area (Å²) in [6.07, 6.45) is 0.183. The highest BCUT2D eigenvalue weighted by Crippen LogP contribution is 2.20. The molecule has 21 heavy (non-hydrogen) atoms. The number of para-hydroxylation sites is 1. The molecular formula is C14H19ClN2O4. The van der Waals surface area contributed by atoms with E-state index in [1.807, 2.05) is 0 Å². The van der Waals surface area contributed by atoms with Crippen molar-refractivity contribution in [2.75, 3.05) is 38.7 Å². The molecule has 0 heterocycles. The van der Waals surface area contributed by atoms with E-state index in [-0.39, 0.29) is 18.9 Å². The number of nitrogens with zero attached hydrogens (tertiary/aromatic N) is 1. The standard InChI is InChI=1S/C14H19ClN2O4/c1-21-9-8-17(10-14(19)20)7-6-13(18)16-12-5-3-2-4-11(12)15/h2-5H,6-10H2,1H3,(H,16,18)(H,19,20). The quantitative estimate of drug-likeness (QED) is 0.725. The van der Waals surface area contributed by atoms with Gasteiger partial charge in [0.2, 0.25) is 5.91 Å². The van der Waals surface area contributed by atoms with Gasteiger partial charge in [-0.2, -0.15) is 0 Å². The Balaban J connectivity index is 2.45. The zero-order chi connectivity index (χ0) is 15.7. The lowest BCUT2D eigenvalue weighted by Gasteiger charge is -2.19. The van der Waals surface area contributed by atoms with Gasteiger partial charge >= 0.3 is 5.97 Å². The topological polar surface area (TPSA) is 78.9 Å². The number of hydrogen-bond donors (Lipinski definition) is 2. The van der Waals surface area contributed by atoms with Crippen LogP contribution in [0.15, 0.2) is 24.3 Å². The number of aliphatic carboxylic acids is 1. The van der Waals surface area contributed by atoms with Crippen LogP contribution in [0.25, 0.3) is 0 Å². The smallest absolute Gasteiger partial charge is 0.317 e. The van der Waals surface area contributed by atoms with Gasteiger partial charge in [-0.15, -0.1) is 0 Å². The maximum absolute atomic E-state index is 11.9. The first-order valence-electron chi connectivity index (χ1n) is 6.50. The Hall–Kier alpha value is -1.63. The SMILES string of the molecule is COCCN(CCC(=O)Nc1ccccc1Cl)CC(=O)O. The van der Waals surface area contributed by atoms with Gasteiger partial charge in [0.15, 0.2) is 0 Å². The van der Waals surface area contributed by atoms with Crippen LogP contribution in [-0.4, -0.2) is 55.2 Å². The lowest BCUT2D eigenvalue weighted by atomic mass is 10.3. The van der Waals surface area contributed by atoms with E-state index in [9.17, 15) is 9.59 Å². The van der Waals surface area contributed by atoms with Gasteiger partial charge in [-0.05, 0) is 12.1 Å². The average Bonchev–Trinajstić information content (AvgIpc) is 2.44. The fourth-order valence-corrected chi connectivity index (χ4v) is 1.90. The van der Waals surface area contributed by atoms with Crippen LogP contribution in [0, 0.1) is 0 Å². The predicted octanol–water partition coefficient (Wildman–Crippen LogP) is 1.70. The second-order valence-electron chi connectivity index (χ2n) is 4.44. The molecule has 1 aromatic carbocycles. The molecule has 0 saturated heterocycles. The second-order valence-corrected chi connectivity index (χ2v) is 4.85. The summed E-state index contributed by atoms with van der Waals surface area (Å²) in [5.41, 5.74) is 0.547. The number of carbonyl (C=O) groups excluding carboxylic acids is 1. The third-order valence-electron chi connectivity index (χ3n) is 2.77. The molecular weight excluding hydrogens is 296 g/mol. The Bertz CT molecular complexity index is 482. The number of nitrogens with one attached hydrogen (secondary N) is 1. The van der Waals surface area contributed by atoms with Crippen LogP contribution in [0.4, 0.5) is 5.69 Å². The molecule has 0 aliphatic carbocycles. The maximum atomic E-state index is 11.9. The van der Waals surface area contributed by atoms with Crippen molar-refractivity contribution in [1.29, 1.82) is 0 Å². The summed E-state index contributed by atoms with van der Waals surface area (Å²) in [5.74, 6) is -1.14. The Kier molecular flexibility index (Phi) is 7.74. The van der Waals surface area contributed by atoms with Crippen LogP contribution in [0.2, 0.25) is 5.02 Å². The fourth-order valence-electron chi connectivity index (χ4n) is 1.72. The Morgan fingerprint density at radius 3 is 2.67 bits per heavy atom. The molecule has 1 rings (SSSR count). The van der Waals surface area contributed by atoms with Crippen molar-refractivity contribution in [3.8, 4) is 0 Å². The van der Waals surface area contributed by atoms with Gasteiger partial charge in [0.25, 0.3) is 0 Å². The summed E-state index contributed by atoms with van der Waals surface area (Å²) in [7, 11) is 1.54. The first-order valence-corrected chi connectivity index (χ1v) is 6.88. The number of carboxylic acid groups (broad SMARTS) is 1. The first kappa shape index (κ1) is 17.4. The molecule has 0 unspecified atom stereocenters. The van der Waals surface area contributed by atoms with Crippen molar-refractivity contribution in [3.05, 3.63) is 29.3 Å². The minimum atomic E-state index is -0.933. The van der Waals surface area contributed by atoms with Crippen LogP contribution in [0.1, 0.15) is 6.42 Å². The Labute approximate surface area is 128 Å². The highest BCUT2D eigenvalue weighted by molar-refractivity contribution is 6.33. The van der Waals surface area contributed by atoms with Crippen molar-refractivity contribution in [2.45, 2.75) is 6.42 Å². The van der Waals surface area contributed by atoms with Gasteiger partial charge in [-0.3, -0.25) is 14.5 Å². The number of benzene rings is 1. The van der Waals surface area contributed by atoms with Gasteiger partial charge < -0.3 is 15.2 Å². The summed E-state index contributed by atoms with van der Waals surface area (Å²) in [4.78, 5) is 24.3. The molecule has 1 aromatic rings. The number of anilines is 1. The second kappa shape index (κ2) is 9.33. The van der Waals surface area contributed by atoms with Crippen LogP contribution in [-0.2, 0) is 14.3 Å². The zero-order valence-corrected chi connectivity index (χ0v) is 12.6. The molecule has 0 bridgehead atoms. The minimum Gasteiger partial charge on any atom is -0.480 e. The zero-order valence-electron chi connectivity index (χ0n) is 11.8. The van der Waals surface area contributed by atoms with Crippen LogP contribution < -0.4 is 5.32 Å². The Morgan fingerprint density at radius 1 is 1.33 bits per heavy atom. The third kappa shape index (κ3) is 7.08. The lowest BCUT2D eigenvalue weighted by Crippen LogP contribution is -2.35. The molecule has 116 valence electrons. The van der Waals surface area contributed by atoms with E-state index in [0.717, 1.165) is 0 Å². The molecule has 2 N–H and O–H groups in total. The normalized spacial score (nSPS) is 10.6. The molecule has 1 amide bonds. The summed E-state index contributed by atoms with van der Waals surface area (Å²) in [6, 6.07) is 6.95. The van der Waals surface area contributed by atoms with Crippen LogP contribution >= 0.6 is 11.6 Å². The number of rotatable bonds is 9. The van der Waals surface area contributed by atoms with Crippen LogP contribution in [0.5, 0.6) is 0 Å². The molecule has 6 nitrogen and oxygen atoms in total. The van der Waals surface area contributed by atoms with Crippen molar-refractivity contribution in [3.63, 3.8) is 0 Å². The number of hydrogen-bond acceptors (Lipinski definition) is 4. The number of carbonyl (C=O) groups is 2. The van der Waals surface area contributed by atoms with Crippen LogP contribution in [0.3, 0.4) is 0 Å². The van der Waals surface area contributed by atoms with Crippen molar-refractivity contribution in [1.82, 2.24) is 4.90 Å². The van der Waals surface area contributed by atoms with Crippen molar-refractivity contribution >= 4 is 29.2 Å². The number of methoxy groups -OCH3 is 1. The maximum Gasteiger partial charge on any atom is 0.317 e.